The van der Waals surface area contributed by atoms with Crippen molar-refractivity contribution in [1.82, 2.24) is 14.7 Å². The quantitative estimate of drug-likeness (QED) is 0.343. The van der Waals surface area contributed by atoms with Crippen molar-refractivity contribution < 1.29 is 14.2 Å². The van der Waals surface area contributed by atoms with E-state index in [0.29, 0.717) is 30.0 Å². The highest BCUT2D eigenvalue weighted by molar-refractivity contribution is 7.78. The number of aliphatic hydroxyl groups excluding tert-OH is 1. The van der Waals surface area contributed by atoms with Gasteiger partial charge in [-0.05, 0) is 43.9 Å². The minimum atomic E-state index is -0.563. The van der Waals surface area contributed by atoms with Gasteiger partial charge in [-0.15, -0.1) is 0 Å². The van der Waals surface area contributed by atoms with Gasteiger partial charge in [0.2, 0.25) is 11.8 Å². The number of aromatic nitrogens is 2. The lowest BCUT2D eigenvalue weighted by Gasteiger charge is -2.12. The molecule has 0 amide bonds. The molecule has 0 saturated heterocycles. The van der Waals surface area contributed by atoms with Crippen LogP contribution < -0.4 is 14.8 Å². The average molecular weight is 417 g/mol. The minimum absolute atomic E-state index is 0.267. The van der Waals surface area contributed by atoms with Crippen LogP contribution >= 0.6 is 12.8 Å². The van der Waals surface area contributed by atoms with Crippen molar-refractivity contribution in [2.75, 3.05) is 18.5 Å². The number of anilines is 2. The molecule has 2 heterocycles. The van der Waals surface area contributed by atoms with Gasteiger partial charge in [-0.1, -0.05) is 31.0 Å². The largest absolute Gasteiger partial charge is 0.476 e. The zero-order chi connectivity index (χ0) is 20.6. The standard InChI is InChI=1S/C18H16FN3O.C3H9NOS/c19-16-10-14-15(21-13-4-2-1-3-5-13)8-9-20-17(14)18(22-16)23-11-12-6-7-12;1-3(5)2-4-6/h1-5,8-10,12H,6-7,11H2,(H,20,21);3-6H,2H2,1H3. The van der Waals surface area contributed by atoms with Crippen LogP contribution in [0.3, 0.4) is 0 Å². The SMILES string of the molecule is CC(O)CNS.Fc1cc2c(Nc3ccccc3)ccnc2c(OCC2CC2)n1. The zero-order valence-corrected chi connectivity index (χ0v) is 17.1. The van der Waals surface area contributed by atoms with Crippen LogP contribution in [0, 0.1) is 11.9 Å². The second-order valence-corrected chi connectivity index (χ2v) is 7.28. The van der Waals surface area contributed by atoms with Gasteiger partial charge in [0.1, 0.15) is 5.52 Å². The van der Waals surface area contributed by atoms with E-state index in [4.69, 9.17) is 9.84 Å². The number of thiol groups is 1. The smallest absolute Gasteiger partial charge is 0.243 e. The summed E-state index contributed by atoms with van der Waals surface area (Å²) in [6, 6.07) is 12.9. The molecular weight excluding hydrogens is 391 g/mol. The van der Waals surface area contributed by atoms with Crippen molar-refractivity contribution in [2.24, 2.45) is 5.92 Å². The van der Waals surface area contributed by atoms with Gasteiger partial charge >= 0.3 is 0 Å². The first-order valence-electron chi connectivity index (χ1n) is 9.52. The van der Waals surface area contributed by atoms with Crippen LogP contribution in [0.5, 0.6) is 5.88 Å². The van der Waals surface area contributed by atoms with E-state index < -0.39 is 5.95 Å². The number of aliphatic hydroxyl groups is 1. The molecule has 29 heavy (non-hydrogen) atoms. The van der Waals surface area contributed by atoms with Crippen molar-refractivity contribution >= 4 is 35.1 Å². The molecule has 1 atom stereocenters. The summed E-state index contributed by atoms with van der Waals surface area (Å²) in [5.41, 5.74) is 2.28. The molecule has 2 aromatic heterocycles. The van der Waals surface area contributed by atoms with E-state index in [2.05, 4.69) is 32.8 Å². The normalized spacial score (nSPS) is 14.1. The van der Waals surface area contributed by atoms with Gasteiger partial charge < -0.3 is 15.2 Å². The van der Waals surface area contributed by atoms with Gasteiger partial charge in [-0.3, -0.25) is 9.71 Å². The first-order valence-corrected chi connectivity index (χ1v) is 9.96. The minimum Gasteiger partial charge on any atom is -0.476 e. The van der Waals surface area contributed by atoms with E-state index in [0.717, 1.165) is 11.4 Å². The summed E-state index contributed by atoms with van der Waals surface area (Å²) in [6.45, 7) is 2.82. The number of nitrogens with zero attached hydrogens (tertiary/aromatic N) is 2. The summed E-state index contributed by atoms with van der Waals surface area (Å²) in [5.74, 6) is 0.275. The molecule has 3 N–H and O–H groups in total. The fourth-order valence-electron chi connectivity index (χ4n) is 2.59. The Morgan fingerprint density at radius 3 is 2.66 bits per heavy atom. The number of ether oxygens (including phenoxy) is 1. The number of nitrogens with one attached hydrogen (secondary N) is 2. The number of hydrogen-bond acceptors (Lipinski definition) is 7. The number of hydrogen-bond donors (Lipinski definition) is 4. The molecule has 1 saturated carbocycles. The molecule has 4 rings (SSSR count). The topological polar surface area (TPSA) is 79.3 Å². The molecule has 1 fully saturated rings. The maximum Gasteiger partial charge on any atom is 0.243 e. The van der Waals surface area contributed by atoms with Gasteiger partial charge in [-0.25, -0.2) is 0 Å². The Kier molecular flexibility index (Phi) is 7.62. The van der Waals surface area contributed by atoms with Gasteiger partial charge in [0.25, 0.3) is 0 Å². The molecule has 0 bridgehead atoms. The lowest BCUT2D eigenvalue weighted by atomic mass is 10.2. The second kappa shape index (κ2) is 10.4. The summed E-state index contributed by atoms with van der Waals surface area (Å²) in [5, 5.41) is 12.4. The third-order valence-corrected chi connectivity index (χ3v) is 4.44. The predicted octanol–water partition coefficient (Wildman–Crippen LogP) is 4.10. The van der Waals surface area contributed by atoms with Crippen molar-refractivity contribution in [3.05, 3.63) is 54.6 Å². The van der Waals surface area contributed by atoms with Crippen LogP contribution in [-0.4, -0.2) is 34.3 Å². The molecule has 1 aliphatic carbocycles. The van der Waals surface area contributed by atoms with E-state index in [1.165, 1.54) is 18.9 Å². The van der Waals surface area contributed by atoms with Crippen LogP contribution in [-0.2, 0) is 0 Å². The zero-order valence-electron chi connectivity index (χ0n) is 16.2. The third kappa shape index (κ3) is 6.56. The maximum atomic E-state index is 13.9. The van der Waals surface area contributed by atoms with E-state index in [1.54, 1.807) is 13.1 Å². The maximum absolute atomic E-state index is 13.9. The van der Waals surface area contributed by atoms with Crippen LogP contribution in [0.2, 0.25) is 0 Å². The van der Waals surface area contributed by atoms with E-state index in [-0.39, 0.29) is 12.0 Å². The summed E-state index contributed by atoms with van der Waals surface area (Å²) in [4.78, 5) is 8.20. The highest BCUT2D eigenvalue weighted by Crippen LogP contribution is 2.33. The monoisotopic (exact) mass is 416 g/mol. The van der Waals surface area contributed by atoms with E-state index in [9.17, 15) is 4.39 Å². The Balaban J connectivity index is 0.000000353. The van der Waals surface area contributed by atoms with Crippen LogP contribution in [0.15, 0.2) is 48.7 Å². The van der Waals surface area contributed by atoms with Crippen LogP contribution in [0.4, 0.5) is 15.8 Å². The van der Waals surface area contributed by atoms with Gasteiger partial charge in [0, 0.05) is 35.6 Å². The predicted molar refractivity (Wildman–Crippen MR) is 116 cm³/mol. The molecule has 8 heteroatoms. The van der Waals surface area contributed by atoms with Crippen molar-refractivity contribution in [3.63, 3.8) is 0 Å². The van der Waals surface area contributed by atoms with Crippen molar-refractivity contribution in [1.29, 1.82) is 0 Å². The van der Waals surface area contributed by atoms with E-state index >= 15 is 0 Å². The second-order valence-electron chi connectivity index (χ2n) is 6.96. The van der Waals surface area contributed by atoms with Gasteiger partial charge in [-0.2, -0.15) is 9.37 Å². The van der Waals surface area contributed by atoms with Gasteiger partial charge in [0.15, 0.2) is 0 Å². The molecule has 154 valence electrons. The summed E-state index contributed by atoms with van der Waals surface area (Å²) in [7, 11) is 0. The molecule has 3 aromatic rings. The van der Waals surface area contributed by atoms with Crippen molar-refractivity contribution in [3.8, 4) is 5.88 Å². The number of para-hydroxylation sites is 1. The Labute approximate surface area is 175 Å². The van der Waals surface area contributed by atoms with Crippen molar-refractivity contribution in [2.45, 2.75) is 25.9 Å². The Morgan fingerprint density at radius 1 is 1.28 bits per heavy atom. The summed E-state index contributed by atoms with van der Waals surface area (Å²) in [6.07, 6.45) is 3.72. The first kappa shape index (κ1) is 21.3. The number of pyridine rings is 2. The summed E-state index contributed by atoms with van der Waals surface area (Å²) >= 11 is 3.65. The molecule has 1 aliphatic rings. The fraction of sp³-hybridized carbons (Fsp3) is 0.333. The number of rotatable bonds is 7. The van der Waals surface area contributed by atoms with E-state index in [1.807, 2.05) is 36.4 Å². The molecule has 0 spiro atoms. The molecule has 1 aromatic carbocycles. The first-order chi connectivity index (χ1) is 14.1. The number of fused-ring (bicyclic) bond motifs is 1. The molecule has 0 aliphatic heterocycles. The highest BCUT2D eigenvalue weighted by atomic mass is 32.1. The lowest BCUT2D eigenvalue weighted by Crippen LogP contribution is -2.15. The average Bonchev–Trinajstić information content (AvgIpc) is 3.52. The Bertz CT molecular complexity index is 923. The number of benzene rings is 1. The third-order valence-electron chi connectivity index (χ3n) is 4.26. The number of halogens is 1. The van der Waals surface area contributed by atoms with Gasteiger partial charge in [0.05, 0.1) is 12.7 Å². The lowest BCUT2D eigenvalue weighted by molar-refractivity contribution is 0.200. The van der Waals surface area contributed by atoms with Crippen LogP contribution in [0.1, 0.15) is 19.8 Å². The highest BCUT2D eigenvalue weighted by Gasteiger charge is 2.23. The Morgan fingerprint density at radius 2 is 2.03 bits per heavy atom. The molecule has 0 radical (unpaired) electrons. The summed E-state index contributed by atoms with van der Waals surface area (Å²) < 4.78 is 22.1. The Hall–Kier alpha value is -2.42. The molecule has 6 nitrogen and oxygen atoms in total. The fourth-order valence-corrected chi connectivity index (χ4v) is 2.86. The van der Waals surface area contributed by atoms with Crippen LogP contribution in [0.25, 0.3) is 10.9 Å². The molecular formula is C21H25FN4O2S. The molecule has 1 unspecified atom stereocenters.